The number of hydrogen-bond donors (Lipinski definition) is 2. The van der Waals surface area contributed by atoms with Crippen molar-refractivity contribution in [1.29, 1.82) is 0 Å². The Hall–Kier alpha value is -1.67. The number of benzene rings is 1. The van der Waals surface area contributed by atoms with E-state index in [1.165, 1.54) is 24.5 Å². The zero-order valence-electron chi connectivity index (χ0n) is 10.1. The van der Waals surface area contributed by atoms with Gasteiger partial charge in [-0.2, -0.15) is 0 Å². The number of aromatic nitrogens is 2. The largest absolute Gasteiger partial charge is 0.381 e. The second-order valence-corrected chi connectivity index (χ2v) is 5.59. The van der Waals surface area contributed by atoms with E-state index in [4.69, 9.17) is 5.73 Å². The molecule has 8 heteroatoms. The van der Waals surface area contributed by atoms with E-state index in [2.05, 4.69) is 31.2 Å². The number of nitrogen functional groups attached to an aromatic ring is 1. The predicted octanol–water partition coefficient (Wildman–Crippen LogP) is 2.69. The van der Waals surface area contributed by atoms with Crippen LogP contribution in [0.25, 0.3) is 0 Å². The fraction of sp³-hybridized carbons (Fsp3) is 0.0833. The molecule has 0 saturated carbocycles. The van der Waals surface area contributed by atoms with Gasteiger partial charge in [-0.3, -0.25) is 4.79 Å². The maximum atomic E-state index is 13.5. The van der Waals surface area contributed by atoms with Gasteiger partial charge >= 0.3 is 0 Å². The van der Waals surface area contributed by atoms with Crippen molar-refractivity contribution < 1.29 is 9.18 Å². The molecule has 2 rings (SSSR count). The molecule has 0 aliphatic carbocycles. The second-order valence-electron chi connectivity index (χ2n) is 3.71. The molecule has 104 valence electrons. The van der Waals surface area contributed by atoms with E-state index in [-0.39, 0.29) is 23.2 Å². The Bertz CT molecular complexity index is 641. The molecule has 1 amide bonds. The van der Waals surface area contributed by atoms with Gasteiger partial charge in [-0.25, -0.2) is 14.4 Å². The van der Waals surface area contributed by atoms with Crippen LogP contribution in [0.15, 0.2) is 40.1 Å². The van der Waals surface area contributed by atoms with Gasteiger partial charge in [0, 0.05) is 16.9 Å². The van der Waals surface area contributed by atoms with Gasteiger partial charge < -0.3 is 11.1 Å². The minimum atomic E-state index is -0.503. The third kappa shape index (κ3) is 3.91. The third-order valence-corrected chi connectivity index (χ3v) is 3.72. The van der Waals surface area contributed by atoms with E-state index in [9.17, 15) is 9.18 Å². The zero-order chi connectivity index (χ0) is 14.5. The number of halogens is 2. The molecule has 1 heterocycles. The van der Waals surface area contributed by atoms with Crippen LogP contribution in [0.4, 0.5) is 15.9 Å². The average Bonchev–Trinajstić information content (AvgIpc) is 2.41. The lowest BCUT2D eigenvalue weighted by Crippen LogP contribution is -2.15. The quantitative estimate of drug-likeness (QED) is 0.823. The van der Waals surface area contributed by atoms with Crippen molar-refractivity contribution in [3.63, 3.8) is 0 Å². The van der Waals surface area contributed by atoms with Crippen LogP contribution in [0.2, 0.25) is 0 Å². The molecule has 0 bridgehead atoms. The number of carbonyl (C=O) groups is 1. The highest BCUT2D eigenvalue weighted by Gasteiger charge is 2.10. The normalized spacial score (nSPS) is 10.3. The number of nitrogens with one attached hydrogen (secondary N) is 1. The Balaban J connectivity index is 1.94. The van der Waals surface area contributed by atoms with E-state index in [1.807, 2.05) is 0 Å². The summed E-state index contributed by atoms with van der Waals surface area (Å²) in [6.45, 7) is 0. The zero-order valence-corrected chi connectivity index (χ0v) is 12.5. The van der Waals surface area contributed by atoms with Crippen LogP contribution in [0.1, 0.15) is 0 Å². The molecule has 1 aromatic heterocycles. The van der Waals surface area contributed by atoms with E-state index in [1.54, 1.807) is 6.07 Å². The van der Waals surface area contributed by atoms with Gasteiger partial charge in [-0.05, 0) is 18.2 Å². The molecule has 0 aliphatic heterocycles. The molecular formula is C12H10BrFN4OS. The number of carbonyl (C=O) groups excluding carboxylic acids is 1. The summed E-state index contributed by atoms with van der Waals surface area (Å²) in [7, 11) is 0. The highest BCUT2D eigenvalue weighted by molar-refractivity contribution is 9.10. The molecule has 1 aromatic carbocycles. The summed E-state index contributed by atoms with van der Waals surface area (Å²) in [5, 5.41) is 2.95. The molecule has 0 unspecified atom stereocenters. The molecule has 0 spiro atoms. The predicted molar refractivity (Wildman–Crippen MR) is 79.9 cm³/mol. The lowest BCUT2D eigenvalue weighted by molar-refractivity contribution is -0.113. The van der Waals surface area contributed by atoms with Gasteiger partial charge in [-0.15, -0.1) is 0 Å². The monoisotopic (exact) mass is 356 g/mol. The van der Waals surface area contributed by atoms with Crippen LogP contribution in [0, 0.1) is 5.82 Å². The SMILES string of the molecule is Nc1nccnc1SCC(=O)Nc1ccc(Br)cc1F. The van der Waals surface area contributed by atoms with E-state index in [0.717, 1.165) is 11.8 Å². The summed E-state index contributed by atoms with van der Waals surface area (Å²) < 4.78 is 14.2. The molecule has 0 atom stereocenters. The number of hydrogen-bond acceptors (Lipinski definition) is 5. The lowest BCUT2D eigenvalue weighted by Gasteiger charge is -2.07. The van der Waals surface area contributed by atoms with Crippen LogP contribution >= 0.6 is 27.7 Å². The number of amides is 1. The summed E-state index contributed by atoms with van der Waals surface area (Å²) in [4.78, 5) is 19.6. The van der Waals surface area contributed by atoms with Gasteiger partial charge in [0.25, 0.3) is 0 Å². The molecule has 0 radical (unpaired) electrons. The van der Waals surface area contributed by atoms with Crippen molar-refractivity contribution >= 4 is 45.1 Å². The first-order valence-corrected chi connectivity index (χ1v) is 7.28. The van der Waals surface area contributed by atoms with Crippen molar-refractivity contribution in [3.8, 4) is 0 Å². The summed E-state index contributed by atoms with van der Waals surface area (Å²) in [6, 6.07) is 4.41. The van der Waals surface area contributed by atoms with Gasteiger partial charge in [0.15, 0.2) is 5.82 Å². The molecule has 2 aromatic rings. The fourth-order valence-corrected chi connectivity index (χ4v) is 2.37. The Morgan fingerprint density at radius 1 is 1.40 bits per heavy atom. The van der Waals surface area contributed by atoms with Gasteiger partial charge in [0.05, 0.1) is 11.4 Å². The first kappa shape index (κ1) is 14.7. The standard InChI is InChI=1S/C12H10BrFN4OS/c13-7-1-2-9(8(14)5-7)18-10(19)6-20-12-11(15)16-3-4-17-12/h1-5H,6H2,(H2,15,16)(H,18,19). The molecule has 0 saturated heterocycles. The van der Waals surface area contributed by atoms with Crippen molar-refractivity contribution in [2.24, 2.45) is 0 Å². The van der Waals surface area contributed by atoms with Gasteiger partial charge in [0.2, 0.25) is 5.91 Å². The summed E-state index contributed by atoms with van der Waals surface area (Å²) in [5.41, 5.74) is 5.74. The van der Waals surface area contributed by atoms with Crippen LogP contribution in [0.5, 0.6) is 0 Å². The van der Waals surface area contributed by atoms with Crippen LogP contribution in [-0.4, -0.2) is 21.6 Å². The number of nitrogens with two attached hydrogens (primary N) is 1. The molecule has 5 nitrogen and oxygen atoms in total. The molecular weight excluding hydrogens is 347 g/mol. The smallest absolute Gasteiger partial charge is 0.234 e. The molecule has 3 N–H and O–H groups in total. The second kappa shape index (κ2) is 6.67. The molecule has 20 heavy (non-hydrogen) atoms. The van der Waals surface area contributed by atoms with Gasteiger partial charge in [-0.1, -0.05) is 27.7 Å². The maximum Gasteiger partial charge on any atom is 0.234 e. The number of nitrogens with zero attached hydrogens (tertiary/aromatic N) is 2. The number of anilines is 2. The average molecular weight is 357 g/mol. The van der Waals surface area contributed by atoms with Crippen LogP contribution in [-0.2, 0) is 4.79 Å². The lowest BCUT2D eigenvalue weighted by atomic mass is 10.3. The van der Waals surface area contributed by atoms with Crippen molar-refractivity contribution in [2.45, 2.75) is 5.03 Å². The van der Waals surface area contributed by atoms with Gasteiger partial charge in [0.1, 0.15) is 10.8 Å². The fourth-order valence-electron chi connectivity index (χ4n) is 1.36. The van der Waals surface area contributed by atoms with E-state index >= 15 is 0 Å². The molecule has 0 fully saturated rings. The van der Waals surface area contributed by atoms with E-state index < -0.39 is 5.82 Å². The van der Waals surface area contributed by atoms with Crippen molar-refractivity contribution in [3.05, 3.63) is 40.9 Å². The summed E-state index contributed by atoms with van der Waals surface area (Å²) in [5.74, 6) is -0.517. The van der Waals surface area contributed by atoms with Crippen LogP contribution < -0.4 is 11.1 Å². The summed E-state index contributed by atoms with van der Waals surface area (Å²) >= 11 is 4.29. The highest BCUT2D eigenvalue weighted by Crippen LogP contribution is 2.22. The topological polar surface area (TPSA) is 80.9 Å². The minimum Gasteiger partial charge on any atom is -0.381 e. The first-order valence-electron chi connectivity index (χ1n) is 5.50. The Morgan fingerprint density at radius 3 is 2.85 bits per heavy atom. The maximum absolute atomic E-state index is 13.5. The third-order valence-electron chi connectivity index (χ3n) is 2.24. The Labute approximate surface area is 127 Å². The molecule has 0 aliphatic rings. The number of rotatable bonds is 4. The van der Waals surface area contributed by atoms with Crippen molar-refractivity contribution in [1.82, 2.24) is 9.97 Å². The first-order chi connectivity index (χ1) is 9.56. The Morgan fingerprint density at radius 2 is 2.15 bits per heavy atom. The number of thioether (sulfide) groups is 1. The summed E-state index contributed by atoms with van der Waals surface area (Å²) in [6.07, 6.45) is 2.96. The van der Waals surface area contributed by atoms with Crippen molar-refractivity contribution in [2.75, 3.05) is 16.8 Å². The Kier molecular flexibility index (Phi) is 4.91. The van der Waals surface area contributed by atoms with Crippen LogP contribution in [0.3, 0.4) is 0 Å². The van der Waals surface area contributed by atoms with E-state index in [0.29, 0.717) is 9.50 Å². The highest BCUT2D eigenvalue weighted by atomic mass is 79.9. The minimum absolute atomic E-state index is 0.0679.